The number of aromatic nitrogens is 3. The molecule has 38 heavy (non-hydrogen) atoms. The Balaban J connectivity index is 1.55. The van der Waals surface area contributed by atoms with Crippen molar-refractivity contribution in [3.05, 3.63) is 95.8 Å². The molecule has 0 aliphatic carbocycles. The second-order valence-electron chi connectivity index (χ2n) is 9.13. The van der Waals surface area contributed by atoms with Gasteiger partial charge in [0, 0.05) is 11.4 Å². The van der Waals surface area contributed by atoms with Gasteiger partial charge in [-0.2, -0.15) is 0 Å². The molecular formula is C29H30N4O4S. The first kappa shape index (κ1) is 26.9. The smallest absolute Gasteiger partial charge is 0.335 e. The highest BCUT2D eigenvalue weighted by atomic mass is 32.2. The third kappa shape index (κ3) is 6.41. The third-order valence-corrected chi connectivity index (χ3v) is 6.97. The summed E-state index contributed by atoms with van der Waals surface area (Å²) >= 11 is 1.26. The van der Waals surface area contributed by atoms with Gasteiger partial charge in [-0.25, -0.2) is 4.79 Å². The molecule has 4 aromatic rings. The van der Waals surface area contributed by atoms with Gasteiger partial charge < -0.3 is 15.2 Å². The van der Waals surface area contributed by atoms with Crippen LogP contribution in [0.25, 0.3) is 5.69 Å². The maximum absolute atomic E-state index is 12.9. The Labute approximate surface area is 226 Å². The molecule has 0 spiro atoms. The Bertz CT molecular complexity index is 1400. The molecule has 2 unspecified atom stereocenters. The van der Waals surface area contributed by atoms with Crippen LogP contribution in [0.4, 0.5) is 5.69 Å². The standard InChI is InChI=1S/C29H30N4O4S/c1-18(2)21-13-15-25(16-14-21)37-19(3)26-31-32-29(33(26)24-11-6-5-7-12-24)38-20(4)27(34)30-23-10-8-9-22(17-23)28(35)36/h5-20H,1-4H3,(H,30,34)(H,35,36). The fourth-order valence-corrected chi connectivity index (χ4v) is 4.69. The zero-order chi connectivity index (χ0) is 27.2. The Morgan fingerprint density at radius 1 is 0.921 bits per heavy atom. The fraction of sp³-hybridized carbons (Fsp3) is 0.241. The van der Waals surface area contributed by atoms with Gasteiger partial charge in [-0.15, -0.1) is 10.2 Å². The van der Waals surface area contributed by atoms with Crippen LogP contribution in [0.3, 0.4) is 0 Å². The summed E-state index contributed by atoms with van der Waals surface area (Å²) in [6.45, 7) is 7.98. The zero-order valence-electron chi connectivity index (χ0n) is 21.7. The van der Waals surface area contributed by atoms with Gasteiger partial charge >= 0.3 is 5.97 Å². The number of carboxylic acids is 1. The van der Waals surface area contributed by atoms with Gasteiger partial charge in [0.2, 0.25) is 5.91 Å². The lowest BCUT2D eigenvalue weighted by Crippen LogP contribution is -2.23. The van der Waals surface area contributed by atoms with Gasteiger partial charge in [0.25, 0.3) is 0 Å². The number of thioether (sulfide) groups is 1. The molecule has 0 fully saturated rings. The zero-order valence-corrected chi connectivity index (χ0v) is 22.5. The lowest BCUT2D eigenvalue weighted by molar-refractivity contribution is -0.115. The SMILES string of the molecule is CC(Sc1nnc(C(C)Oc2ccc(C(C)C)cc2)n1-c1ccccc1)C(=O)Nc1cccc(C(=O)O)c1. The molecular weight excluding hydrogens is 500 g/mol. The van der Waals surface area contributed by atoms with E-state index in [4.69, 9.17) is 4.74 Å². The van der Waals surface area contributed by atoms with E-state index in [0.29, 0.717) is 22.6 Å². The molecule has 8 nitrogen and oxygen atoms in total. The van der Waals surface area contributed by atoms with E-state index >= 15 is 0 Å². The first-order chi connectivity index (χ1) is 18.2. The summed E-state index contributed by atoms with van der Waals surface area (Å²) in [5.41, 5.74) is 2.60. The third-order valence-electron chi connectivity index (χ3n) is 5.92. The van der Waals surface area contributed by atoms with Gasteiger partial charge in [0.05, 0.1) is 10.8 Å². The van der Waals surface area contributed by atoms with Crippen LogP contribution in [0, 0.1) is 0 Å². The molecule has 1 aromatic heterocycles. The van der Waals surface area contributed by atoms with E-state index in [1.165, 1.54) is 29.5 Å². The molecule has 1 amide bonds. The molecule has 0 bridgehead atoms. The number of anilines is 1. The minimum absolute atomic E-state index is 0.101. The van der Waals surface area contributed by atoms with Gasteiger partial charge in [-0.1, -0.05) is 62.0 Å². The van der Waals surface area contributed by atoms with E-state index < -0.39 is 17.3 Å². The molecule has 0 saturated carbocycles. The Morgan fingerprint density at radius 2 is 1.63 bits per heavy atom. The number of nitrogens with zero attached hydrogens (tertiary/aromatic N) is 3. The number of amides is 1. The van der Waals surface area contributed by atoms with Crippen LogP contribution in [0.5, 0.6) is 5.75 Å². The van der Waals surface area contributed by atoms with Gasteiger partial charge in [-0.3, -0.25) is 9.36 Å². The summed E-state index contributed by atoms with van der Waals surface area (Å²) in [6.07, 6.45) is -0.412. The van der Waals surface area contributed by atoms with E-state index in [0.717, 1.165) is 11.4 Å². The molecule has 1 heterocycles. The highest BCUT2D eigenvalue weighted by Gasteiger charge is 2.24. The number of benzene rings is 3. The number of ether oxygens (including phenoxy) is 1. The minimum Gasteiger partial charge on any atom is -0.483 e. The number of nitrogens with one attached hydrogen (secondary N) is 1. The van der Waals surface area contributed by atoms with Crippen molar-refractivity contribution < 1.29 is 19.4 Å². The van der Waals surface area contributed by atoms with Crippen molar-refractivity contribution in [1.82, 2.24) is 14.8 Å². The number of carboxylic acid groups (broad SMARTS) is 1. The minimum atomic E-state index is -1.06. The van der Waals surface area contributed by atoms with E-state index in [-0.39, 0.29) is 11.5 Å². The maximum atomic E-state index is 12.9. The van der Waals surface area contributed by atoms with Crippen molar-refractivity contribution in [3.8, 4) is 11.4 Å². The van der Waals surface area contributed by atoms with Gasteiger partial charge in [0.15, 0.2) is 17.1 Å². The van der Waals surface area contributed by atoms with Gasteiger partial charge in [-0.05, 0) is 67.8 Å². The average molecular weight is 531 g/mol. The number of hydrogen-bond acceptors (Lipinski definition) is 6. The summed E-state index contributed by atoms with van der Waals surface area (Å²) in [4.78, 5) is 24.2. The van der Waals surface area contributed by atoms with Crippen LogP contribution >= 0.6 is 11.8 Å². The van der Waals surface area contributed by atoms with E-state index in [1.54, 1.807) is 19.1 Å². The molecule has 4 rings (SSSR count). The normalized spacial score (nSPS) is 12.7. The van der Waals surface area contributed by atoms with Crippen molar-refractivity contribution in [3.63, 3.8) is 0 Å². The molecule has 9 heteroatoms. The van der Waals surface area contributed by atoms with Crippen LogP contribution < -0.4 is 10.1 Å². The van der Waals surface area contributed by atoms with Crippen molar-refractivity contribution in [2.45, 2.75) is 50.1 Å². The number of carbonyl (C=O) groups excluding carboxylic acids is 1. The first-order valence-electron chi connectivity index (χ1n) is 12.3. The van der Waals surface area contributed by atoms with E-state index in [2.05, 4.69) is 41.5 Å². The summed E-state index contributed by atoms with van der Waals surface area (Å²) in [6, 6.07) is 23.8. The van der Waals surface area contributed by atoms with Gasteiger partial charge in [0.1, 0.15) is 5.75 Å². The molecule has 2 N–H and O–H groups in total. The second-order valence-corrected chi connectivity index (χ2v) is 10.4. The molecule has 3 aromatic carbocycles. The average Bonchev–Trinajstić information content (AvgIpc) is 3.33. The summed E-state index contributed by atoms with van der Waals surface area (Å²) in [5.74, 6) is 0.432. The van der Waals surface area contributed by atoms with E-state index in [1.807, 2.05) is 54.0 Å². The van der Waals surface area contributed by atoms with E-state index in [9.17, 15) is 14.7 Å². The largest absolute Gasteiger partial charge is 0.483 e. The van der Waals surface area contributed by atoms with Crippen LogP contribution in [-0.2, 0) is 4.79 Å². The number of aromatic carboxylic acids is 1. The predicted octanol–water partition coefficient (Wildman–Crippen LogP) is 6.35. The molecule has 2 atom stereocenters. The topological polar surface area (TPSA) is 106 Å². The van der Waals surface area contributed by atoms with Crippen molar-refractivity contribution >= 4 is 29.3 Å². The highest BCUT2D eigenvalue weighted by Crippen LogP contribution is 2.31. The molecule has 0 saturated heterocycles. The Hall–Kier alpha value is -4.11. The lowest BCUT2D eigenvalue weighted by atomic mass is 10.0. The fourth-order valence-electron chi connectivity index (χ4n) is 3.81. The second kappa shape index (κ2) is 12.0. The number of rotatable bonds is 10. The predicted molar refractivity (Wildman–Crippen MR) is 148 cm³/mol. The molecule has 0 radical (unpaired) electrons. The van der Waals surface area contributed by atoms with Crippen LogP contribution in [0.1, 0.15) is 61.5 Å². The number of carbonyl (C=O) groups is 2. The van der Waals surface area contributed by atoms with Crippen molar-refractivity contribution in [1.29, 1.82) is 0 Å². The Kier molecular flexibility index (Phi) is 8.48. The van der Waals surface area contributed by atoms with Crippen LogP contribution in [0.15, 0.2) is 84.0 Å². The maximum Gasteiger partial charge on any atom is 0.335 e. The number of hydrogen-bond donors (Lipinski definition) is 2. The van der Waals surface area contributed by atoms with Crippen molar-refractivity contribution in [2.24, 2.45) is 0 Å². The monoisotopic (exact) mass is 530 g/mol. The van der Waals surface area contributed by atoms with Crippen LogP contribution in [-0.4, -0.2) is 37.0 Å². The Morgan fingerprint density at radius 3 is 2.29 bits per heavy atom. The van der Waals surface area contributed by atoms with Crippen molar-refractivity contribution in [2.75, 3.05) is 5.32 Å². The van der Waals surface area contributed by atoms with Crippen LogP contribution in [0.2, 0.25) is 0 Å². The molecule has 0 aliphatic rings. The lowest BCUT2D eigenvalue weighted by Gasteiger charge is -2.18. The first-order valence-corrected chi connectivity index (χ1v) is 13.2. The molecule has 196 valence electrons. The molecule has 0 aliphatic heterocycles. The summed E-state index contributed by atoms with van der Waals surface area (Å²) in [5, 5.41) is 20.8. The summed E-state index contributed by atoms with van der Waals surface area (Å²) < 4.78 is 8.11. The number of para-hydroxylation sites is 1. The summed E-state index contributed by atoms with van der Waals surface area (Å²) in [7, 11) is 0. The quantitative estimate of drug-likeness (QED) is 0.230. The highest BCUT2D eigenvalue weighted by molar-refractivity contribution is 8.00.